The van der Waals surface area contributed by atoms with Gasteiger partial charge in [0, 0.05) is 11.3 Å². The number of nitrogens with zero attached hydrogens (tertiary/aromatic N) is 1. The minimum atomic E-state index is 0.770. The zero-order valence-corrected chi connectivity index (χ0v) is 7.41. The first-order chi connectivity index (χ1) is 6.25. The van der Waals surface area contributed by atoms with Crippen molar-refractivity contribution >= 4 is 23.7 Å². The van der Waals surface area contributed by atoms with Crippen LogP contribution in [0.15, 0.2) is 28.9 Å². The summed E-state index contributed by atoms with van der Waals surface area (Å²) in [5.74, 6) is 0. The van der Waals surface area contributed by atoms with Crippen LogP contribution < -0.4 is 11.2 Å². The Morgan fingerprint density at radius 1 is 1.38 bits per heavy atom. The van der Waals surface area contributed by atoms with Crippen LogP contribution in [0.1, 0.15) is 12.5 Å². The van der Waals surface area contributed by atoms with Gasteiger partial charge in [-0.2, -0.15) is 5.10 Å². The van der Waals surface area contributed by atoms with Crippen LogP contribution in [0.4, 0.5) is 11.4 Å². The third kappa shape index (κ3) is 1.54. The van der Waals surface area contributed by atoms with E-state index in [0.29, 0.717) is 0 Å². The largest absolute Gasteiger partial charge is 0.399 e. The molecule has 3 N–H and O–H groups in total. The SMILES string of the molecule is CC1=Cc2cc(N)ccc2NN=C1. The number of allylic oxidation sites excluding steroid dienone is 1. The zero-order valence-electron chi connectivity index (χ0n) is 7.41. The van der Waals surface area contributed by atoms with Crippen LogP contribution in [0.2, 0.25) is 0 Å². The van der Waals surface area contributed by atoms with Crippen LogP contribution >= 0.6 is 0 Å². The molecule has 1 aliphatic heterocycles. The van der Waals surface area contributed by atoms with E-state index in [1.54, 1.807) is 6.21 Å². The van der Waals surface area contributed by atoms with Crippen molar-refractivity contribution in [1.82, 2.24) is 0 Å². The third-order valence-electron chi connectivity index (χ3n) is 1.91. The summed E-state index contributed by atoms with van der Waals surface area (Å²) in [5.41, 5.74) is 12.6. The fourth-order valence-corrected chi connectivity index (χ4v) is 1.29. The highest BCUT2D eigenvalue weighted by molar-refractivity contribution is 5.89. The van der Waals surface area contributed by atoms with Gasteiger partial charge >= 0.3 is 0 Å². The lowest BCUT2D eigenvalue weighted by Gasteiger charge is -2.03. The fraction of sp³-hybridized carbons (Fsp3) is 0.100. The van der Waals surface area contributed by atoms with E-state index in [2.05, 4.69) is 16.6 Å². The Kier molecular flexibility index (Phi) is 1.77. The van der Waals surface area contributed by atoms with Gasteiger partial charge < -0.3 is 5.73 Å². The Morgan fingerprint density at radius 3 is 3.08 bits per heavy atom. The van der Waals surface area contributed by atoms with Crippen molar-refractivity contribution in [2.75, 3.05) is 11.2 Å². The molecule has 0 amide bonds. The first kappa shape index (κ1) is 7.86. The number of nitrogens with two attached hydrogens (primary N) is 1. The summed E-state index contributed by atoms with van der Waals surface area (Å²) in [6, 6.07) is 5.72. The van der Waals surface area contributed by atoms with Crippen LogP contribution in [0, 0.1) is 0 Å². The standard InChI is InChI=1S/C10H11N3/c1-7-4-8-5-9(11)2-3-10(8)13-12-6-7/h2-6,13H,11H2,1H3. The van der Waals surface area contributed by atoms with Crippen molar-refractivity contribution < 1.29 is 0 Å². The molecule has 0 bridgehead atoms. The van der Waals surface area contributed by atoms with Gasteiger partial charge in [0.2, 0.25) is 0 Å². The molecule has 13 heavy (non-hydrogen) atoms. The van der Waals surface area contributed by atoms with Crippen LogP contribution in [-0.4, -0.2) is 6.21 Å². The molecule has 0 fully saturated rings. The van der Waals surface area contributed by atoms with Crippen molar-refractivity contribution in [2.45, 2.75) is 6.92 Å². The quantitative estimate of drug-likeness (QED) is 0.590. The Labute approximate surface area is 77.0 Å². The molecule has 0 unspecified atom stereocenters. The van der Waals surface area contributed by atoms with E-state index < -0.39 is 0 Å². The molecule has 0 atom stereocenters. The topological polar surface area (TPSA) is 50.4 Å². The Morgan fingerprint density at radius 2 is 2.23 bits per heavy atom. The molecule has 0 aromatic heterocycles. The summed E-state index contributed by atoms with van der Waals surface area (Å²) in [5, 5.41) is 4.04. The molecule has 1 aromatic carbocycles. The van der Waals surface area contributed by atoms with Gasteiger partial charge in [-0.15, -0.1) is 0 Å². The van der Waals surface area contributed by atoms with Gasteiger partial charge in [0.1, 0.15) is 0 Å². The van der Waals surface area contributed by atoms with E-state index >= 15 is 0 Å². The lowest BCUT2D eigenvalue weighted by molar-refractivity contribution is 1.35. The summed E-state index contributed by atoms with van der Waals surface area (Å²) in [7, 11) is 0. The highest BCUT2D eigenvalue weighted by Gasteiger charge is 2.02. The zero-order chi connectivity index (χ0) is 9.26. The van der Waals surface area contributed by atoms with Crippen LogP contribution in [0.3, 0.4) is 0 Å². The van der Waals surface area contributed by atoms with Gasteiger partial charge in [-0.25, -0.2) is 0 Å². The number of fused-ring (bicyclic) bond motifs is 1. The molecular weight excluding hydrogens is 162 g/mol. The van der Waals surface area contributed by atoms with Crippen molar-refractivity contribution in [2.24, 2.45) is 5.10 Å². The number of hydrazone groups is 1. The van der Waals surface area contributed by atoms with Crippen LogP contribution in [-0.2, 0) is 0 Å². The third-order valence-corrected chi connectivity index (χ3v) is 1.91. The first-order valence-electron chi connectivity index (χ1n) is 4.12. The lowest BCUT2D eigenvalue weighted by atomic mass is 10.1. The molecule has 1 aliphatic rings. The predicted molar refractivity (Wildman–Crippen MR) is 56.6 cm³/mol. The summed E-state index contributed by atoms with van der Waals surface area (Å²) in [4.78, 5) is 0. The Balaban J connectivity index is 2.56. The predicted octanol–water partition coefficient (Wildman–Crippen LogP) is 2.08. The maximum absolute atomic E-state index is 5.68. The number of anilines is 2. The van der Waals surface area contributed by atoms with Crippen molar-refractivity contribution in [3.63, 3.8) is 0 Å². The summed E-state index contributed by atoms with van der Waals surface area (Å²) < 4.78 is 0. The Bertz CT molecular complexity index is 391. The van der Waals surface area contributed by atoms with Gasteiger partial charge in [-0.3, -0.25) is 5.43 Å². The molecule has 0 saturated heterocycles. The second kappa shape index (κ2) is 2.94. The first-order valence-corrected chi connectivity index (χ1v) is 4.12. The molecule has 0 radical (unpaired) electrons. The molecule has 1 aromatic rings. The minimum Gasteiger partial charge on any atom is -0.399 e. The highest BCUT2D eigenvalue weighted by Crippen LogP contribution is 2.22. The fourth-order valence-electron chi connectivity index (χ4n) is 1.29. The minimum absolute atomic E-state index is 0.770. The van der Waals surface area contributed by atoms with E-state index in [0.717, 1.165) is 22.5 Å². The molecule has 2 rings (SSSR count). The van der Waals surface area contributed by atoms with Crippen molar-refractivity contribution in [3.8, 4) is 0 Å². The smallest absolute Gasteiger partial charge is 0.0635 e. The van der Waals surface area contributed by atoms with E-state index in [9.17, 15) is 0 Å². The average molecular weight is 173 g/mol. The number of rotatable bonds is 0. The number of nitrogens with one attached hydrogen (secondary N) is 1. The molecule has 0 spiro atoms. The van der Waals surface area contributed by atoms with Gasteiger partial charge in [-0.1, -0.05) is 0 Å². The lowest BCUT2D eigenvalue weighted by Crippen LogP contribution is -1.91. The number of nitrogen functional groups attached to an aromatic ring is 1. The number of benzene rings is 1. The molecule has 66 valence electrons. The maximum Gasteiger partial charge on any atom is 0.0635 e. The summed E-state index contributed by atoms with van der Waals surface area (Å²) >= 11 is 0. The summed E-state index contributed by atoms with van der Waals surface area (Å²) in [6.07, 6.45) is 3.84. The molecular formula is C10H11N3. The van der Waals surface area contributed by atoms with Gasteiger partial charge in [0.25, 0.3) is 0 Å². The second-order valence-electron chi connectivity index (χ2n) is 3.11. The molecule has 3 nitrogen and oxygen atoms in total. The van der Waals surface area contributed by atoms with Gasteiger partial charge in [0.15, 0.2) is 0 Å². The average Bonchev–Trinajstić information content (AvgIpc) is 2.25. The Hall–Kier alpha value is -1.77. The molecule has 0 aliphatic carbocycles. The molecule has 0 saturated carbocycles. The van der Waals surface area contributed by atoms with Crippen molar-refractivity contribution in [1.29, 1.82) is 0 Å². The number of hydrogen-bond donors (Lipinski definition) is 2. The highest BCUT2D eigenvalue weighted by atomic mass is 15.3. The maximum atomic E-state index is 5.68. The van der Waals surface area contributed by atoms with Gasteiger partial charge in [0.05, 0.1) is 11.9 Å². The van der Waals surface area contributed by atoms with Crippen LogP contribution in [0.25, 0.3) is 6.08 Å². The van der Waals surface area contributed by atoms with E-state index in [4.69, 9.17) is 5.73 Å². The van der Waals surface area contributed by atoms with Gasteiger partial charge in [-0.05, 0) is 36.8 Å². The van der Waals surface area contributed by atoms with Crippen molar-refractivity contribution in [3.05, 3.63) is 29.3 Å². The van der Waals surface area contributed by atoms with E-state index in [-0.39, 0.29) is 0 Å². The van der Waals surface area contributed by atoms with Crippen LogP contribution in [0.5, 0.6) is 0 Å². The molecule has 1 heterocycles. The number of hydrogen-bond acceptors (Lipinski definition) is 3. The monoisotopic (exact) mass is 173 g/mol. The van der Waals surface area contributed by atoms with E-state index in [1.807, 2.05) is 25.1 Å². The van der Waals surface area contributed by atoms with E-state index in [1.165, 1.54) is 0 Å². The second-order valence-corrected chi connectivity index (χ2v) is 3.11. The summed E-state index contributed by atoms with van der Waals surface area (Å²) in [6.45, 7) is 2.00. The molecule has 3 heteroatoms. The normalized spacial score (nSPS) is 14.1.